The van der Waals surface area contributed by atoms with Crippen LogP contribution in [0.1, 0.15) is 31.7 Å². The van der Waals surface area contributed by atoms with Crippen LogP contribution in [0.25, 0.3) is 16.8 Å². The number of aryl methyl sites for hydroxylation is 2. The number of aromatic nitrogens is 3. The normalized spacial score (nSPS) is 11.2. The SMILES string of the molecule is COc1ccccc1-c1c(C)nn2c(SCC(=O)NCCC(C)C)cc(C)nc12. The van der Waals surface area contributed by atoms with E-state index in [1.165, 1.54) is 11.8 Å². The number of methoxy groups -OCH3 is 1. The van der Waals surface area contributed by atoms with Crippen LogP contribution in [0.15, 0.2) is 35.4 Å². The Morgan fingerprint density at radius 3 is 2.76 bits per heavy atom. The van der Waals surface area contributed by atoms with Crippen LogP contribution in [-0.2, 0) is 4.79 Å². The number of hydrogen-bond acceptors (Lipinski definition) is 5. The van der Waals surface area contributed by atoms with Crippen molar-refractivity contribution in [3.8, 4) is 16.9 Å². The molecular formula is C22H28N4O2S. The number of carbonyl (C=O) groups is 1. The summed E-state index contributed by atoms with van der Waals surface area (Å²) in [4.78, 5) is 16.9. The first kappa shape index (κ1) is 21.2. The maximum atomic E-state index is 12.2. The van der Waals surface area contributed by atoms with Gasteiger partial charge in [0.25, 0.3) is 0 Å². The number of para-hydroxylation sites is 1. The lowest BCUT2D eigenvalue weighted by atomic mass is 10.1. The van der Waals surface area contributed by atoms with Gasteiger partial charge in [-0.2, -0.15) is 5.10 Å². The molecule has 6 nitrogen and oxygen atoms in total. The lowest BCUT2D eigenvalue weighted by molar-refractivity contribution is -0.118. The molecule has 3 aromatic rings. The highest BCUT2D eigenvalue weighted by molar-refractivity contribution is 7.99. The average molecular weight is 413 g/mol. The van der Waals surface area contributed by atoms with E-state index >= 15 is 0 Å². The lowest BCUT2D eigenvalue weighted by Gasteiger charge is -2.10. The van der Waals surface area contributed by atoms with Crippen LogP contribution in [0, 0.1) is 19.8 Å². The van der Waals surface area contributed by atoms with Gasteiger partial charge in [0.05, 0.1) is 24.1 Å². The molecule has 3 rings (SSSR count). The molecule has 0 aliphatic rings. The van der Waals surface area contributed by atoms with Gasteiger partial charge >= 0.3 is 0 Å². The number of ether oxygens (including phenoxy) is 1. The van der Waals surface area contributed by atoms with E-state index in [2.05, 4.69) is 19.2 Å². The van der Waals surface area contributed by atoms with Gasteiger partial charge in [0.15, 0.2) is 5.65 Å². The van der Waals surface area contributed by atoms with Crippen molar-refractivity contribution in [3.05, 3.63) is 41.7 Å². The number of fused-ring (bicyclic) bond motifs is 1. The molecule has 7 heteroatoms. The fourth-order valence-corrected chi connectivity index (χ4v) is 4.06. The summed E-state index contributed by atoms with van der Waals surface area (Å²) in [5.41, 5.74) is 4.44. The molecular weight excluding hydrogens is 384 g/mol. The zero-order valence-electron chi connectivity index (χ0n) is 17.7. The van der Waals surface area contributed by atoms with E-state index in [-0.39, 0.29) is 5.91 Å². The Morgan fingerprint density at radius 1 is 1.28 bits per heavy atom. The quantitative estimate of drug-likeness (QED) is 0.442. The minimum Gasteiger partial charge on any atom is -0.496 e. The zero-order chi connectivity index (χ0) is 21.0. The molecule has 2 heterocycles. The Morgan fingerprint density at radius 2 is 2.03 bits per heavy atom. The fraction of sp³-hybridized carbons (Fsp3) is 0.409. The van der Waals surface area contributed by atoms with Crippen LogP contribution in [-0.4, -0.2) is 39.9 Å². The van der Waals surface area contributed by atoms with E-state index in [9.17, 15) is 4.79 Å². The van der Waals surface area contributed by atoms with Crippen LogP contribution in [0.3, 0.4) is 0 Å². The molecule has 2 aromatic heterocycles. The van der Waals surface area contributed by atoms with Crippen molar-refractivity contribution >= 4 is 23.3 Å². The molecule has 29 heavy (non-hydrogen) atoms. The van der Waals surface area contributed by atoms with Crippen LogP contribution in [0.4, 0.5) is 0 Å². The van der Waals surface area contributed by atoms with Crippen molar-refractivity contribution in [2.45, 2.75) is 39.1 Å². The van der Waals surface area contributed by atoms with Crippen molar-refractivity contribution in [1.29, 1.82) is 0 Å². The first-order valence-electron chi connectivity index (χ1n) is 9.80. The number of carbonyl (C=O) groups excluding carboxylic acids is 1. The van der Waals surface area contributed by atoms with E-state index < -0.39 is 0 Å². The van der Waals surface area contributed by atoms with Crippen LogP contribution in [0.5, 0.6) is 5.75 Å². The van der Waals surface area contributed by atoms with Crippen molar-refractivity contribution in [3.63, 3.8) is 0 Å². The van der Waals surface area contributed by atoms with Gasteiger partial charge in [-0.1, -0.05) is 43.8 Å². The number of nitrogens with zero attached hydrogens (tertiary/aromatic N) is 3. The Labute approximate surface area is 176 Å². The van der Waals surface area contributed by atoms with Gasteiger partial charge in [0.2, 0.25) is 5.91 Å². The van der Waals surface area contributed by atoms with Gasteiger partial charge in [-0.05, 0) is 38.3 Å². The largest absolute Gasteiger partial charge is 0.496 e. The number of thioether (sulfide) groups is 1. The average Bonchev–Trinajstić information content (AvgIpc) is 3.01. The molecule has 0 aliphatic heterocycles. The summed E-state index contributed by atoms with van der Waals surface area (Å²) < 4.78 is 7.37. The maximum Gasteiger partial charge on any atom is 0.230 e. The number of hydrogen-bond donors (Lipinski definition) is 1. The summed E-state index contributed by atoms with van der Waals surface area (Å²) in [6.07, 6.45) is 0.982. The van der Waals surface area contributed by atoms with Gasteiger partial charge in [0.1, 0.15) is 10.8 Å². The number of nitrogens with one attached hydrogen (secondary N) is 1. The monoisotopic (exact) mass is 412 g/mol. The van der Waals surface area contributed by atoms with Crippen LogP contribution >= 0.6 is 11.8 Å². The molecule has 1 aromatic carbocycles. The Kier molecular flexibility index (Phi) is 6.79. The topological polar surface area (TPSA) is 68.5 Å². The first-order valence-corrected chi connectivity index (χ1v) is 10.8. The highest BCUT2D eigenvalue weighted by Crippen LogP contribution is 2.35. The van der Waals surface area contributed by atoms with Crippen molar-refractivity contribution < 1.29 is 9.53 Å². The highest BCUT2D eigenvalue weighted by Gasteiger charge is 2.19. The van der Waals surface area contributed by atoms with E-state index in [4.69, 9.17) is 14.8 Å². The highest BCUT2D eigenvalue weighted by atomic mass is 32.2. The smallest absolute Gasteiger partial charge is 0.230 e. The molecule has 0 aliphatic carbocycles. The minimum atomic E-state index is 0.0343. The molecule has 0 fully saturated rings. The van der Waals surface area contributed by atoms with Gasteiger partial charge < -0.3 is 10.1 Å². The third-order valence-electron chi connectivity index (χ3n) is 4.63. The van der Waals surface area contributed by atoms with Crippen molar-refractivity contribution in [2.75, 3.05) is 19.4 Å². The van der Waals surface area contributed by atoms with Gasteiger partial charge in [0, 0.05) is 17.8 Å². The van der Waals surface area contributed by atoms with Crippen LogP contribution < -0.4 is 10.1 Å². The van der Waals surface area contributed by atoms with Crippen LogP contribution in [0.2, 0.25) is 0 Å². The van der Waals surface area contributed by atoms with E-state index in [0.29, 0.717) is 18.2 Å². The molecule has 0 atom stereocenters. The van der Waals surface area contributed by atoms with Gasteiger partial charge in [-0.15, -0.1) is 0 Å². The zero-order valence-corrected chi connectivity index (χ0v) is 18.5. The molecule has 154 valence electrons. The number of rotatable bonds is 8. The lowest BCUT2D eigenvalue weighted by Crippen LogP contribution is -2.27. The van der Waals surface area contributed by atoms with E-state index in [1.807, 2.05) is 48.7 Å². The second-order valence-electron chi connectivity index (χ2n) is 7.45. The van der Waals surface area contributed by atoms with Gasteiger partial charge in [-0.25, -0.2) is 9.50 Å². The maximum absolute atomic E-state index is 12.2. The summed E-state index contributed by atoms with van der Waals surface area (Å²) in [5.74, 6) is 1.74. The minimum absolute atomic E-state index is 0.0343. The third kappa shape index (κ3) is 4.90. The Balaban J connectivity index is 1.90. The molecule has 0 saturated heterocycles. The number of amides is 1. The predicted molar refractivity (Wildman–Crippen MR) is 118 cm³/mol. The molecule has 0 unspecified atom stereocenters. The second kappa shape index (κ2) is 9.31. The number of benzene rings is 1. The first-order chi connectivity index (χ1) is 13.9. The predicted octanol–water partition coefficient (Wildman–Crippen LogP) is 4.28. The van der Waals surface area contributed by atoms with E-state index in [1.54, 1.807) is 7.11 Å². The molecule has 1 N–H and O–H groups in total. The third-order valence-corrected chi connectivity index (χ3v) is 5.62. The summed E-state index contributed by atoms with van der Waals surface area (Å²) in [6.45, 7) is 8.94. The molecule has 1 amide bonds. The van der Waals surface area contributed by atoms with E-state index in [0.717, 1.165) is 45.4 Å². The molecule has 0 bridgehead atoms. The molecule has 0 saturated carbocycles. The Hall–Kier alpha value is -2.54. The van der Waals surface area contributed by atoms with Crippen molar-refractivity contribution in [2.24, 2.45) is 5.92 Å². The summed E-state index contributed by atoms with van der Waals surface area (Å²) in [5, 5.41) is 8.60. The van der Waals surface area contributed by atoms with Gasteiger partial charge in [-0.3, -0.25) is 4.79 Å². The Bertz CT molecular complexity index is 1010. The molecule has 0 radical (unpaired) electrons. The second-order valence-corrected chi connectivity index (χ2v) is 8.45. The standard InChI is InChI=1S/C22H28N4O2S/c1-14(2)10-11-23-19(27)13-29-20-12-15(3)24-22-21(16(4)25-26(20)22)17-8-6-7-9-18(17)28-5/h6-9,12,14H,10-11,13H2,1-5H3,(H,23,27). The van der Waals surface area contributed by atoms with Crippen molar-refractivity contribution in [1.82, 2.24) is 19.9 Å². The summed E-state index contributed by atoms with van der Waals surface area (Å²) in [6, 6.07) is 9.85. The molecule has 0 spiro atoms. The summed E-state index contributed by atoms with van der Waals surface area (Å²) in [7, 11) is 1.66. The fourth-order valence-electron chi connectivity index (χ4n) is 3.17. The summed E-state index contributed by atoms with van der Waals surface area (Å²) >= 11 is 1.48.